The molecule has 0 aliphatic heterocycles. The van der Waals surface area contributed by atoms with Crippen LogP contribution in [0.2, 0.25) is 0 Å². The number of carboxylic acids is 1. The number of fused-ring (bicyclic) bond motifs is 7. The summed E-state index contributed by atoms with van der Waals surface area (Å²) < 4.78 is 6.18. The second kappa shape index (κ2) is 12.8. The maximum absolute atomic E-state index is 14.0. The van der Waals surface area contributed by atoms with Gasteiger partial charge in [-0.1, -0.05) is 66.9 Å². The first-order valence-electron chi connectivity index (χ1n) is 20.2. The van der Waals surface area contributed by atoms with Gasteiger partial charge in [-0.05, 0) is 149 Å². The lowest BCUT2D eigenvalue weighted by Gasteiger charge is -2.72. The molecule has 0 spiro atoms. The lowest BCUT2D eigenvalue weighted by molar-refractivity contribution is -0.233. The molecular weight excluding hydrogens is 610 g/mol. The van der Waals surface area contributed by atoms with E-state index < -0.39 is 11.4 Å². The van der Waals surface area contributed by atoms with Crippen molar-refractivity contribution in [3.63, 3.8) is 0 Å². The Bertz CT molecular complexity index is 1360. The van der Waals surface area contributed by atoms with Crippen LogP contribution in [0.1, 0.15) is 159 Å². The highest BCUT2D eigenvalue weighted by molar-refractivity contribution is 6.00. The van der Waals surface area contributed by atoms with Crippen molar-refractivity contribution in [2.24, 2.45) is 62.1 Å². The van der Waals surface area contributed by atoms with Crippen LogP contribution in [0.15, 0.2) is 11.1 Å². The van der Waals surface area contributed by atoms with Crippen LogP contribution in [0.3, 0.4) is 0 Å². The van der Waals surface area contributed by atoms with Crippen molar-refractivity contribution in [3.05, 3.63) is 11.1 Å². The van der Waals surface area contributed by atoms with Crippen LogP contribution in [-0.2, 0) is 19.1 Å². The number of ketones is 1. The van der Waals surface area contributed by atoms with E-state index in [9.17, 15) is 19.5 Å². The molecule has 0 aromatic rings. The Balaban J connectivity index is 1.24. The molecular formula is C43H69NO5. The third-order valence-corrected chi connectivity index (χ3v) is 16.6. The van der Waals surface area contributed by atoms with Crippen molar-refractivity contribution < 1.29 is 24.2 Å². The number of hydrogen-bond acceptors (Lipinski definition) is 5. The third kappa shape index (κ3) is 5.88. The molecule has 0 heterocycles. The zero-order valence-corrected chi connectivity index (χ0v) is 32.6. The van der Waals surface area contributed by atoms with Gasteiger partial charge in [-0.3, -0.25) is 14.4 Å². The number of carbonyl (C=O) groups excluding carboxylic acids is 2. The number of carboxylic acid groups (broad SMARTS) is 1. The van der Waals surface area contributed by atoms with Gasteiger partial charge in [0, 0.05) is 17.3 Å². The van der Waals surface area contributed by atoms with E-state index in [2.05, 4.69) is 53.8 Å². The number of esters is 1. The van der Waals surface area contributed by atoms with Gasteiger partial charge in [0.1, 0.15) is 6.10 Å². The summed E-state index contributed by atoms with van der Waals surface area (Å²) in [4.78, 5) is 38.7. The predicted octanol–water partition coefficient (Wildman–Crippen LogP) is 9.55. The number of carbonyl (C=O) groups is 3. The van der Waals surface area contributed by atoms with E-state index in [1.807, 2.05) is 0 Å². The molecule has 5 saturated carbocycles. The number of aliphatic carboxylic acids is 1. The normalized spacial score (nSPS) is 40.5. The Morgan fingerprint density at radius 2 is 1.59 bits per heavy atom. The second-order valence-electron chi connectivity index (χ2n) is 20.3. The maximum Gasteiger partial charge on any atom is 0.309 e. The standard InChI is InChI=1S/C43H69NO5/c1-27(2)35-30(45)24-43(22-23-44-26-28-12-10-11-13-28)21-20-41(8)29(36(35)43)14-15-32-40(7)18-17-33(49-34(46)25-38(3,4)37(47)48)39(5,6)31(40)16-19-42(32,41)9/h27-29,31-33,44H,10-26H2,1-9H3,(H,47,48)/t29-,31+,32-,33?,40+,41-,42-,43?/m1/s1. The van der Waals surface area contributed by atoms with Crippen LogP contribution in [0.25, 0.3) is 0 Å². The highest BCUT2D eigenvalue weighted by Gasteiger charge is 2.70. The molecule has 0 bridgehead atoms. The van der Waals surface area contributed by atoms with E-state index in [0.717, 1.165) is 57.5 Å². The fraction of sp³-hybridized carbons (Fsp3) is 0.884. The molecule has 2 unspecified atom stereocenters. The highest BCUT2D eigenvalue weighted by atomic mass is 16.5. The Morgan fingerprint density at radius 1 is 0.898 bits per heavy atom. The first kappa shape index (κ1) is 37.1. The quantitative estimate of drug-likeness (QED) is 0.177. The van der Waals surface area contributed by atoms with Crippen molar-refractivity contribution in [2.45, 2.75) is 165 Å². The summed E-state index contributed by atoms with van der Waals surface area (Å²) in [7, 11) is 0. The summed E-state index contributed by atoms with van der Waals surface area (Å²) in [6.07, 6.45) is 15.9. The number of Topliss-reactive ketones (excluding diaryl/α,β-unsaturated/α-hetero) is 1. The number of hydrogen-bond donors (Lipinski definition) is 2. The Labute approximate surface area is 297 Å². The minimum atomic E-state index is -1.14. The monoisotopic (exact) mass is 680 g/mol. The molecule has 6 rings (SSSR count). The summed E-state index contributed by atoms with van der Waals surface area (Å²) in [6.45, 7) is 22.3. The van der Waals surface area contributed by atoms with Gasteiger partial charge in [0.2, 0.25) is 0 Å². The average Bonchev–Trinajstić information content (AvgIpc) is 3.62. The minimum absolute atomic E-state index is 0.0347. The fourth-order valence-corrected chi connectivity index (χ4v) is 13.7. The van der Waals surface area contributed by atoms with Crippen molar-refractivity contribution in [3.8, 4) is 0 Å². The van der Waals surface area contributed by atoms with E-state index in [4.69, 9.17) is 4.74 Å². The van der Waals surface area contributed by atoms with E-state index >= 15 is 0 Å². The van der Waals surface area contributed by atoms with E-state index in [1.165, 1.54) is 56.9 Å². The molecule has 49 heavy (non-hydrogen) atoms. The van der Waals surface area contributed by atoms with Crippen molar-refractivity contribution in [1.29, 1.82) is 0 Å². The Hall–Kier alpha value is -1.69. The van der Waals surface area contributed by atoms with Crippen molar-refractivity contribution >= 4 is 17.7 Å². The largest absolute Gasteiger partial charge is 0.481 e. The number of allylic oxidation sites excluding steroid dienone is 2. The summed E-state index contributed by atoms with van der Waals surface area (Å²) in [5.41, 5.74) is 1.98. The van der Waals surface area contributed by atoms with Gasteiger partial charge in [0.25, 0.3) is 0 Å². The van der Waals surface area contributed by atoms with Crippen molar-refractivity contribution in [2.75, 3.05) is 13.1 Å². The molecule has 8 atom stereocenters. The van der Waals surface area contributed by atoms with E-state index in [-0.39, 0.29) is 51.5 Å². The van der Waals surface area contributed by atoms with Gasteiger partial charge in [0.05, 0.1) is 11.8 Å². The molecule has 6 aliphatic rings. The van der Waals surface area contributed by atoms with Gasteiger partial charge in [-0.15, -0.1) is 0 Å². The van der Waals surface area contributed by atoms with Gasteiger partial charge in [-0.2, -0.15) is 0 Å². The van der Waals surface area contributed by atoms with Gasteiger partial charge < -0.3 is 15.2 Å². The van der Waals surface area contributed by atoms with Crippen LogP contribution < -0.4 is 5.32 Å². The summed E-state index contributed by atoms with van der Waals surface area (Å²) >= 11 is 0. The fourth-order valence-electron chi connectivity index (χ4n) is 13.7. The molecule has 6 heteroatoms. The molecule has 6 aliphatic carbocycles. The molecule has 276 valence electrons. The molecule has 0 amide bonds. The number of rotatable bonds is 10. The Kier molecular flexibility index (Phi) is 9.66. The zero-order chi connectivity index (χ0) is 35.8. The van der Waals surface area contributed by atoms with Gasteiger partial charge in [-0.25, -0.2) is 0 Å². The Morgan fingerprint density at radius 3 is 2.24 bits per heavy atom. The summed E-state index contributed by atoms with van der Waals surface area (Å²) in [5.74, 6) is 1.69. The smallest absolute Gasteiger partial charge is 0.309 e. The average molecular weight is 680 g/mol. The molecule has 0 saturated heterocycles. The SMILES string of the molecule is CC(C)C1=C2[C@H]3CC[C@@H]4[C@@]5(C)CCC(OC(=O)CC(C)(C)C(=O)O)C(C)(C)[C@@H]5CC[C@@]4(C)[C@]3(C)CCC2(CCNCC2CCCC2)CC1=O. The van der Waals surface area contributed by atoms with Crippen LogP contribution in [0.4, 0.5) is 0 Å². The maximum atomic E-state index is 14.0. The van der Waals surface area contributed by atoms with Gasteiger partial charge >= 0.3 is 11.9 Å². The van der Waals surface area contributed by atoms with Crippen LogP contribution in [0, 0.1) is 62.1 Å². The van der Waals surface area contributed by atoms with E-state index in [0.29, 0.717) is 23.5 Å². The van der Waals surface area contributed by atoms with Crippen LogP contribution >= 0.6 is 0 Å². The van der Waals surface area contributed by atoms with E-state index in [1.54, 1.807) is 19.4 Å². The predicted molar refractivity (Wildman–Crippen MR) is 195 cm³/mol. The second-order valence-corrected chi connectivity index (χ2v) is 20.3. The molecule has 6 nitrogen and oxygen atoms in total. The number of ether oxygens (including phenoxy) is 1. The zero-order valence-electron chi connectivity index (χ0n) is 32.6. The first-order valence-corrected chi connectivity index (χ1v) is 20.2. The molecule has 5 fully saturated rings. The molecule has 0 aromatic heterocycles. The number of nitrogens with one attached hydrogen (secondary N) is 1. The first-order chi connectivity index (χ1) is 22.8. The van der Waals surface area contributed by atoms with Crippen LogP contribution in [0.5, 0.6) is 0 Å². The summed E-state index contributed by atoms with van der Waals surface area (Å²) in [5, 5.41) is 13.5. The molecule has 0 radical (unpaired) electrons. The van der Waals surface area contributed by atoms with Crippen LogP contribution in [-0.4, -0.2) is 42.0 Å². The van der Waals surface area contributed by atoms with Crippen molar-refractivity contribution in [1.82, 2.24) is 5.32 Å². The topological polar surface area (TPSA) is 92.7 Å². The molecule has 0 aromatic carbocycles. The third-order valence-electron chi connectivity index (χ3n) is 16.6. The molecule has 2 N–H and O–H groups in total. The summed E-state index contributed by atoms with van der Waals surface area (Å²) in [6, 6.07) is 0. The highest BCUT2D eigenvalue weighted by Crippen LogP contribution is 2.77. The van der Waals surface area contributed by atoms with Gasteiger partial charge in [0.15, 0.2) is 5.78 Å². The lowest BCUT2D eigenvalue weighted by atomic mass is 9.33. The lowest BCUT2D eigenvalue weighted by Crippen LogP contribution is -2.65. The minimum Gasteiger partial charge on any atom is -0.481 e.